The van der Waals surface area contributed by atoms with Crippen LogP contribution in [0.5, 0.6) is 5.75 Å². The van der Waals surface area contributed by atoms with Gasteiger partial charge in [0.1, 0.15) is 16.5 Å². The first-order chi connectivity index (χ1) is 16.3. The van der Waals surface area contributed by atoms with Crippen LogP contribution in [0.25, 0.3) is 4.91 Å². The number of nitrogens with one attached hydrogen (secondary N) is 1. The number of ether oxygens (including phenoxy) is 1. The third-order valence-electron chi connectivity index (χ3n) is 6.49. The molecule has 0 spiro atoms. The van der Waals surface area contributed by atoms with Crippen LogP contribution in [-0.4, -0.2) is 51.8 Å². The minimum Gasteiger partial charge on any atom is -0.497 e. The fourth-order valence-electron chi connectivity index (χ4n) is 4.51. The molecule has 2 aromatic carbocycles. The third kappa shape index (κ3) is 5.17. The highest BCUT2D eigenvalue weighted by Crippen LogP contribution is 2.35. The highest BCUT2D eigenvalue weighted by atomic mass is 32.2. The molecule has 0 bridgehead atoms. The van der Waals surface area contributed by atoms with Gasteiger partial charge in [0, 0.05) is 31.1 Å². The van der Waals surface area contributed by atoms with E-state index in [2.05, 4.69) is 40.9 Å². The summed E-state index contributed by atoms with van der Waals surface area (Å²) in [6.07, 6.45) is 2.14. The van der Waals surface area contributed by atoms with E-state index in [1.165, 1.54) is 11.1 Å². The first-order valence-corrected chi connectivity index (χ1v) is 13.0. The number of benzene rings is 2. The van der Waals surface area contributed by atoms with E-state index in [1.807, 2.05) is 4.90 Å². The Bertz CT molecular complexity index is 1210. The number of methoxy groups -OCH3 is 1. The number of hydrogen-bond acceptors (Lipinski definition) is 5. The Morgan fingerprint density at radius 1 is 1.06 bits per heavy atom. The average Bonchev–Trinajstić information content (AvgIpc) is 3.08. The van der Waals surface area contributed by atoms with Gasteiger partial charge in [-0.3, -0.25) is 4.79 Å². The molecule has 8 heteroatoms. The number of hydrogen-bond donors (Lipinski definition) is 1. The molecule has 0 atom stereocenters. The molecule has 0 aromatic heterocycles. The lowest BCUT2D eigenvalue weighted by molar-refractivity contribution is -0.126. The van der Waals surface area contributed by atoms with Crippen molar-refractivity contribution < 1.29 is 17.9 Å². The fourth-order valence-corrected chi connectivity index (χ4v) is 5.99. The molecular formula is C26H31N3O4S. The molecule has 0 saturated carbocycles. The Kier molecular flexibility index (Phi) is 7.07. The van der Waals surface area contributed by atoms with E-state index in [-0.39, 0.29) is 16.7 Å². The molecule has 0 unspecified atom stereocenters. The molecular weight excluding hydrogens is 450 g/mol. The minimum atomic E-state index is -3.77. The Morgan fingerprint density at radius 3 is 2.32 bits per heavy atom. The van der Waals surface area contributed by atoms with Crippen LogP contribution >= 0.6 is 0 Å². The van der Waals surface area contributed by atoms with Crippen LogP contribution < -0.4 is 10.1 Å². The van der Waals surface area contributed by atoms with Gasteiger partial charge in [-0.25, -0.2) is 0 Å². The van der Waals surface area contributed by atoms with Crippen molar-refractivity contribution in [3.05, 3.63) is 70.8 Å². The maximum atomic E-state index is 12.8. The Labute approximate surface area is 201 Å². The van der Waals surface area contributed by atoms with Gasteiger partial charge in [-0.15, -0.1) is 4.40 Å². The monoisotopic (exact) mass is 481 g/mol. The molecule has 180 valence electrons. The quantitative estimate of drug-likeness (QED) is 0.682. The topological polar surface area (TPSA) is 88.1 Å². The molecule has 2 aliphatic rings. The van der Waals surface area contributed by atoms with Crippen molar-refractivity contribution in [1.29, 1.82) is 0 Å². The second-order valence-corrected chi connectivity index (χ2v) is 10.4. The van der Waals surface area contributed by atoms with Crippen LogP contribution in [0.1, 0.15) is 36.5 Å². The average molecular weight is 482 g/mol. The van der Waals surface area contributed by atoms with Crippen molar-refractivity contribution in [2.24, 2.45) is 10.3 Å². The van der Waals surface area contributed by atoms with Crippen molar-refractivity contribution in [1.82, 2.24) is 10.2 Å². The zero-order valence-corrected chi connectivity index (χ0v) is 20.7. The van der Waals surface area contributed by atoms with E-state index in [1.54, 1.807) is 38.3 Å². The maximum absolute atomic E-state index is 12.8. The van der Waals surface area contributed by atoms with Crippen molar-refractivity contribution in [3.63, 3.8) is 0 Å². The lowest BCUT2D eigenvalue weighted by Gasteiger charge is -2.32. The van der Waals surface area contributed by atoms with Gasteiger partial charge in [-0.05, 0) is 68.5 Å². The molecule has 1 amide bonds. The first-order valence-electron chi connectivity index (χ1n) is 11.6. The van der Waals surface area contributed by atoms with E-state index >= 15 is 0 Å². The predicted molar refractivity (Wildman–Crippen MR) is 134 cm³/mol. The number of piperidine rings is 1. The lowest BCUT2D eigenvalue weighted by atomic mass is 9.95. The second-order valence-electron chi connectivity index (χ2n) is 8.86. The van der Waals surface area contributed by atoms with Crippen LogP contribution in [0.15, 0.2) is 58.5 Å². The number of amides is 1. The number of likely N-dealkylation sites (tertiary alicyclic amines) is 1. The summed E-state index contributed by atoms with van der Waals surface area (Å²) in [4.78, 5) is 14.9. The Balaban J connectivity index is 1.35. The summed E-state index contributed by atoms with van der Waals surface area (Å²) in [6, 6.07) is 15.3. The van der Waals surface area contributed by atoms with Gasteiger partial charge >= 0.3 is 0 Å². The van der Waals surface area contributed by atoms with Crippen LogP contribution in [0, 0.1) is 12.8 Å². The van der Waals surface area contributed by atoms with Crippen LogP contribution in [-0.2, 0) is 21.2 Å². The summed E-state index contributed by atoms with van der Waals surface area (Å²) >= 11 is 0. The zero-order valence-electron chi connectivity index (χ0n) is 19.9. The zero-order chi connectivity index (χ0) is 24.3. The molecule has 1 N–H and O–H groups in total. The van der Waals surface area contributed by atoms with E-state index in [0.29, 0.717) is 55.2 Å². The summed E-state index contributed by atoms with van der Waals surface area (Å²) in [7, 11) is -2.20. The van der Waals surface area contributed by atoms with Crippen LogP contribution in [0.4, 0.5) is 0 Å². The Hall–Kier alpha value is -3.13. The van der Waals surface area contributed by atoms with Gasteiger partial charge in [-0.2, -0.15) is 8.42 Å². The number of carbonyl (C=O) groups excluding carboxylic acids is 1. The highest BCUT2D eigenvalue weighted by molar-refractivity contribution is 8.00. The van der Waals surface area contributed by atoms with Crippen molar-refractivity contribution in [3.8, 4) is 5.75 Å². The normalized spacial score (nSPS) is 18.1. The van der Waals surface area contributed by atoms with Gasteiger partial charge in [0.15, 0.2) is 0 Å². The summed E-state index contributed by atoms with van der Waals surface area (Å²) in [5, 5.41) is 3.06. The molecule has 7 nitrogen and oxygen atoms in total. The van der Waals surface area contributed by atoms with Gasteiger partial charge in [0.25, 0.3) is 10.0 Å². The number of sulfonamides is 1. The van der Waals surface area contributed by atoms with E-state index in [4.69, 9.17) is 4.74 Å². The van der Waals surface area contributed by atoms with Gasteiger partial charge in [0.05, 0.1) is 7.11 Å². The smallest absolute Gasteiger partial charge is 0.285 e. The van der Waals surface area contributed by atoms with Crippen molar-refractivity contribution in [2.45, 2.75) is 33.1 Å². The number of amidine groups is 1. The molecule has 0 aliphatic carbocycles. The molecule has 34 heavy (non-hydrogen) atoms. The molecule has 0 radical (unpaired) electrons. The standard InChI is InChI=1S/C26H31N3O4S/c1-18-4-6-20(7-5-18)12-15-27-26(30)22-13-16-29(17-14-22)25-19(2)24(34(31,32)28-25)21-8-10-23(33-3)11-9-21/h4-11,22H,12-17H2,1-3H3,(H,27,30). The highest BCUT2D eigenvalue weighted by Gasteiger charge is 2.35. The van der Waals surface area contributed by atoms with Crippen molar-refractivity contribution in [2.75, 3.05) is 26.7 Å². The maximum Gasteiger partial charge on any atom is 0.285 e. The SMILES string of the molecule is COc1ccc(C2=C(C)C(N3CCC(C(=O)NCCc4ccc(C)cc4)CC3)=NS2(=O)=O)cc1. The van der Waals surface area contributed by atoms with Gasteiger partial charge in [-0.1, -0.05) is 29.8 Å². The fraction of sp³-hybridized carbons (Fsp3) is 0.385. The molecule has 2 aromatic rings. The molecule has 1 saturated heterocycles. The molecule has 1 fully saturated rings. The summed E-state index contributed by atoms with van der Waals surface area (Å²) in [5.74, 6) is 1.15. The van der Waals surface area contributed by atoms with Gasteiger partial charge < -0.3 is 15.0 Å². The van der Waals surface area contributed by atoms with Gasteiger partial charge in [0.2, 0.25) is 5.91 Å². The predicted octanol–water partition coefficient (Wildman–Crippen LogP) is 3.55. The van der Waals surface area contributed by atoms with Crippen LogP contribution in [0.3, 0.4) is 0 Å². The summed E-state index contributed by atoms with van der Waals surface area (Å²) < 4.78 is 34.9. The number of rotatable bonds is 6. The third-order valence-corrected chi connectivity index (χ3v) is 7.96. The van der Waals surface area contributed by atoms with Crippen LogP contribution in [0.2, 0.25) is 0 Å². The van der Waals surface area contributed by atoms with E-state index in [0.717, 1.165) is 6.42 Å². The van der Waals surface area contributed by atoms with E-state index in [9.17, 15) is 13.2 Å². The molecule has 2 aliphatic heterocycles. The lowest BCUT2D eigenvalue weighted by Crippen LogP contribution is -2.43. The molecule has 2 heterocycles. The van der Waals surface area contributed by atoms with Crippen molar-refractivity contribution >= 4 is 26.7 Å². The number of nitrogens with zero attached hydrogens (tertiary/aromatic N) is 2. The minimum absolute atomic E-state index is 0.0685. The number of carbonyl (C=O) groups is 1. The first kappa shape index (κ1) is 24.0. The Morgan fingerprint density at radius 2 is 1.71 bits per heavy atom. The largest absolute Gasteiger partial charge is 0.497 e. The summed E-state index contributed by atoms with van der Waals surface area (Å²) in [6.45, 7) is 5.66. The molecule has 4 rings (SSSR count). The second kappa shape index (κ2) is 10.0. The van der Waals surface area contributed by atoms with E-state index < -0.39 is 10.0 Å². The number of aryl methyl sites for hydroxylation is 1. The summed E-state index contributed by atoms with van der Waals surface area (Å²) in [5.41, 5.74) is 3.67.